The molecule has 1 unspecified atom stereocenters. The van der Waals surface area contributed by atoms with Crippen molar-refractivity contribution in [1.82, 2.24) is 19.8 Å². The molecule has 0 saturated heterocycles. The van der Waals surface area contributed by atoms with Gasteiger partial charge in [0.05, 0.1) is 6.54 Å². The van der Waals surface area contributed by atoms with E-state index in [2.05, 4.69) is 20.6 Å². The fourth-order valence-corrected chi connectivity index (χ4v) is 7.06. The Morgan fingerprint density at radius 2 is 1.86 bits per heavy atom. The van der Waals surface area contributed by atoms with Gasteiger partial charge in [-0.15, -0.1) is 11.3 Å². The predicted molar refractivity (Wildman–Crippen MR) is 193 cm³/mol. The summed E-state index contributed by atoms with van der Waals surface area (Å²) in [5, 5.41) is 9.96. The van der Waals surface area contributed by atoms with Crippen molar-refractivity contribution in [3.8, 4) is 0 Å². The third-order valence-corrected chi connectivity index (χ3v) is 9.60. The van der Waals surface area contributed by atoms with Crippen molar-refractivity contribution in [2.45, 2.75) is 45.8 Å². The minimum absolute atomic E-state index is 0.0223. The Morgan fingerprint density at radius 3 is 2.57 bits per heavy atom. The van der Waals surface area contributed by atoms with Crippen molar-refractivity contribution in [2.24, 2.45) is 0 Å². The lowest BCUT2D eigenvalue weighted by molar-refractivity contribution is -0.131. The van der Waals surface area contributed by atoms with E-state index in [-0.39, 0.29) is 47.3 Å². The second-order valence-electron chi connectivity index (χ2n) is 12.5. The molecular formula is C37H37F2N7O4S. The highest BCUT2D eigenvalue weighted by Gasteiger charge is 2.38. The van der Waals surface area contributed by atoms with E-state index in [1.807, 2.05) is 18.4 Å². The van der Waals surface area contributed by atoms with Crippen molar-refractivity contribution in [1.29, 1.82) is 0 Å². The van der Waals surface area contributed by atoms with E-state index in [1.54, 1.807) is 66.8 Å². The Morgan fingerprint density at radius 1 is 1.10 bits per heavy atom. The monoisotopic (exact) mass is 713 g/mol. The van der Waals surface area contributed by atoms with Crippen molar-refractivity contribution in [2.75, 3.05) is 36.6 Å². The van der Waals surface area contributed by atoms with Gasteiger partial charge < -0.3 is 25.6 Å². The van der Waals surface area contributed by atoms with Crippen LogP contribution in [0.15, 0.2) is 72.4 Å². The lowest BCUT2D eigenvalue weighted by Gasteiger charge is -2.29. The standard InChI is InChI=1S/C37H37F2N7O4S/c1-5-46(19-30-41-12-13-51-30)34(47)29-9-7-27-17-25(29)18-45(4)35(48)32(43-26-6-8-28-23(16-26)10-11-42-33(28)40)24-14-21(2)31(22(3)15-24)37(38,39)20-50-36(49)44-27/h6-17,32,43H,5,18-20H2,1-4H3,(H2,40,42)(H,44,49). The molecule has 0 fully saturated rings. The van der Waals surface area contributed by atoms with E-state index < -0.39 is 24.7 Å². The SMILES string of the molecule is CCN(Cc1nccs1)C(=O)c1ccc2cc1CN(C)C(=O)C(Nc1ccc3c(N)nccc3c1)c1cc(C)c(c(C)c1)C(F)(F)COC(=O)N2. The summed E-state index contributed by atoms with van der Waals surface area (Å²) < 4.78 is 36.3. The normalized spacial score (nSPS) is 16.1. The molecule has 264 valence electrons. The molecule has 0 radical (unpaired) electrons. The number of carbonyl (C=O) groups excluding carboxylic acids is 3. The fraction of sp³-hybridized carbons (Fsp3) is 0.270. The van der Waals surface area contributed by atoms with Crippen LogP contribution in [0.3, 0.4) is 0 Å². The van der Waals surface area contributed by atoms with Gasteiger partial charge in [-0.05, 0) is 90.9 Å². The number of nitrogens with two attached hydrogens (primary N) is 1. The number of thiazole rings is 1. The third kappa shape index (κ3) is 7.45. The molecule has 7 rings (SSSR count). The molecule has 4 N–H and O–H groups in total. The Bertz CT molecular complexity index is 2100. The maximum absolute atomic E-state index is 15.7. The van der Waals surface area contributed by atoms with E-state index in [1.165, 1.54) is 36.2 Å². The van der Waals surface area contributed by atoms with Crippen LogP contribution in [0.2, 0.25) is 0 Å². The quantitative estimate of drug-likeness (QED) is 0.171. The van der Waals surface area contributed by atoms with Crippen molar-refractivity contribution in [3.63, 3.8) is 0 Å². The average Bonchev–Trinajstić information content (AvgIpc) is 3.61. The summed E-state index contributed by atoms with van der Waals surface area (Å²) in [6.45, 7) is 4.38. The molecule has 2 aliphatic rings. The largest absolute Gasteiger partial charge is 0.442 e. The van der Waals surface area contributed by atoms with E-state index in [0.717, 1.165) is 15.8 Å². The lowest BCUT2D eigenvalue weighted by atomic mass is 9.91. The Labute approximate surface area is 297 Å². The second-order valence-corrected chi connectivity index (χ2v) is 13.4. The van der Waals surface area contributed by atoms with Crippen LogP contribution < -0.4 is 16.4 Å². The number of fused-ring (bicyclic) bond motifs is 10. The van der Waals surface area contributed by atoms with E-state index in [0.29, 0.717) is 34.7 Å². The number of alkyl halides is 2. The zero-order valence-corrected chi connectivity index (χ0v) is 29.3. The number of aryl methyl sites for hydroxylation is 2. The molecule has 2 aliphatic heterocycles. The topological polar surface area (TPSA) is 143 Å². The highest BCUT2D eigenvalue weighted by Crippen LogP contribution is 2.37. The molecule has 1 atom stereocenters. The number of anilines is 3. The highest BCUT2D eigenvalue weighted by molar-refractivity contribution is 7.09. The highest BCUT2D eigenvalue weighted by atomic mass is 32.1. The summed E-state index contributed by atoms with van der Waals surface area (Å²) in [6, 6.07) is 13.9. The maximum Gasteiger partial charge on any atom is 0.411 e. The van der Waals surface area contributed by atoms with Gasteiger partial charge in [-0.1, -0.05) is 12.1 Å². The molecule has 3 aromatic carbocycles. The van der Waals surface area contributed by atoms with Crippen LogP contribution in [0.4, 0.5) is 30.8 Å². The van der Waals surface area contributed by atoms with Gasteiger partial charge in [0, 0.05) is 65.8 Å². The maximum atomic E-state index is 15.7. The minimum Gasteiger partial charge on any atom is -0.442 e. The molecule has 4 heterocycles. The van der Waals surface area contributed by atoms with Crippen LogP contribution >= 0.6 is 11.3 Å². The molecule has 11 nitrogen and oxygen atoms in total. The summed E-state index contributed by atoms with van der Waals surface area (Å²) in [5.41, 5.74) is 8.22. The lowest BCUT2D eigenvalue weighted by Crippen LogP contribution is -2.36. The average molecular weight is 714 g/mol. The third-order valence-electron chi connectivity index (χ3n) is 8.84. The van der Waals surface area contributed by atoms with Crippen LogP contribution in [0.25, 0.3) is 10.8 Å². The molecule has 14 heteroatoms. The molecule has 0 spiro atoms. The number of hydrogen-bond donors (Lipinski definition) is 3. The number of hydrogen-bond acceptors (Lipinski definition) is 9. The summed E-state index contributed by atoms with van der Waals surface area (Å²) in [6.07, 6.45) is 2.18. The van der Waals surface area contributed by atoms with Gasteiger partial charge in [0.2, 0.25) is 5.91 Å². The van der Waals surface area contributed by atoms with Gasteiger partial charge in [-0.25, -0.2) is 14.8 Å². The molecular weight excluding hydrogens is 677 g/mol. The minimum atomic E-state index is -3.53. The zero-order chi connectivity index (χ0) is 36.4. The summed E-state index contributed by atoms with van der Waals surface area (Å²) in [5.74, 6) is -3.85. The van der Waals surface area contributed by atoms with Gasteiger partial charge in [0.1, 0.15) is 16.9 Å². The number of nitrogens with zero attached hydrogens (tertiary/aromatic N) is 4. The zero-order valence-electron chi connectivity index (χ0n) is 28.5. The smallest absolute Gasteiger partial charge is 0.411 e. The number of pyridine rings is 1. The first-order chi connectivity index (χ1) is 24.3. The van der Waals surface area contributed by atoms with Gasteiger partial charge in [0.15, 0.2) is 6.61 Å². The van der Waals surface area contributed by atoms with Gasteiger partial charge >= 0.3 is 12.0 Å². The first-order valence-electron chi connectivity index (χ1n) is 16.2. The molecule has 0 saturated carbocycles. The van der Waals surface area contributed by atoms with Gasteiger partial charge in [-0.2, -0.15) is 8.78 Å². The van der Waals surface area contributed by atoms with Crippen molar-refractivity contribution < 1.29 is 27.9 Å². The Hall–Kier alpha value is -5.63. The number of benzene rings is 3. The number of nitrogens with one attached hydrogen (secondary N) is 2. The summed E-state index contributed by atoms with van der Waals surface area (Å²) in [4.78, 5) is 52.8. The molecule has 4 bridgehead atoms. The second kappa shape index (κ2) is 14.3. The summed E-state index contributed by atoms with van der Waals surface area (Å²) in [7, 11) is 1.60. The first kappa shape index (κ1) is 35.2. The number of carbonyl (C=O) groups is 3. The van der Waals surface area contributed by atoms with E-state index >= 15 is 8.78 Å². The molecule has 51 heavy (non-hydrogen) atoms. The van der Waals surface area contributed by atoms with Crippen LogP contribution in [-0.4, -0.2) is 57.9 Å². The van der Waals surface area contributed by atoms with Crippen molar-refractivity contribution in [3.05, 3.63) is 111 Å². The number of amides is 3. The van der Waals surface area contributed by atoms with Crippen LogP contribution in [0.5, 0.6) is 0 Å². The van der Waals surface area contributed by atoms with Gasteiger partial charge in [0.25, 0.3) is 5.91 Å². The number of aromatic nitrogens is 2. The van der Waals surface area contributed by atoms with Crippen LogP contribution in [0.1, 0.15) is 56.1 Å². The fourth-order valence-electron chi connectivity index (χ4n) is 6.42. The number of halogens is 2. The first-order valence-corrected chi connectivity index (χ1v) is 17.1. The molecule has 5 aromatic rings. The van der Waals surface area contributed by atoms with Crippen LogP contribution in [0, 0.1) is 13.8 Å². The number of ether oxygens (including phenoxy) is 1. The number of rotatable bonds is 6. The number of nitrogen functional groups attached to an aromatic ring is 1. The summed E-state index contributed by atoms with van der Waals surface area (Å²) >= 11 is 1.43. The van der Waals surface area contributed by atoms with Gasteiger partial charge in [-0.3, -0.25) is 14.9 Å². The predicted octanol–water partition coefficient (Wildman–Crippen LogP) is 7.02. The Kier molecular flexibility index (Phi) is 9.88. The molecule has 3 amide bonds. The molecule has 2 aromatic heterocycles. The van der Waals surface area contributed by atoms with E-state index in [9.17, 15) is 14.4 Å². The van der Waals surface area contributed by atoms with Crippen LogP contribution in [-0.2, 0) is 28.5 Å². The van der Waals surface area contributed by atoms with E-state index in [4.69, 9.17) is 10.5 Å². The molecule has 0 aliphatic carbocycles. The number of likely N-dealkylation sites (N-methyl/N-ethyl adjacent to an activating group) is 1. The Balaban J connectivity index is 1.43. The van der Waals surface area contributed by atoms with Crippen molar-refractivity contribution >= 4 is 57.2 Å².